The monoisotopic (exact) mass is 311 g/mol. The molecule has 2 aromatic rings. The quantitative estimate of drug-likeness (QED) is 0.786. The average Bonchev–Trinajstić information content (AvgIpc) is 3.15. The van der Waals surface area contributed by atoms with E-state index in [0.29, 0.717) is 0 Å². The molecule has 3 heterocycles. The fourth-order valence-corrected chi connectivity index (χ4v) is 3.67. The molecule has 0 saturated carbocycles. The number of aromatic nitrogens is 4. The molecule has 0 atom stereocenters. The maximum absolute atomic E-state index is 5.39. The van der Waals surface area contributed by atoms with E-state index in [1.807, 2.05) is 5.51 Å². The summed E-state index contributed by atoms with van der Waals surface area (Å²) in [6.07, 6.45) is 0. The topological polar surface area (TPSA) is 56.1 Å². The van der Waals surface area contributed by atoms with Crippen LogP contribution in [0.2, 0.25) is 0 Å². The zero-order chi connectivity index (χ0) is 13.8. The van der Waals surface area contributed by atoms with Crippen molar-refractivity contribution in [1.82, 2.24) is 19.7 Å². The van der Waals surface area contributed by atoms with Crippen LogP contribution in [0.3, 0.4) is 0 Å². The number of thioether (sulfide) groups is 1. The van der Waals surface area contributed by atoms with E-state index in [9.17, 15) is 0 Å². The van der Waals surface area contributed by atoms with Crippen LogP contribution in [0.15, 0.2) is 16.0 Å². The molecule has 0 aromatic carbocycles. The second-order valence-corrected chi connectivity index (χ2v) is 6.06. The highest BCUT2D eigenvalue weighted by Gasteiger charge is 2.19. The molecule has 0 aliphatic carbocycles. The zero-order valence-electron chi connectivity index (χ0n) is 11.4. The second kappa shape index (κ2) is 6.55. The number of ether oxygens (including phenoxy) is 1. The SMILES string of the molecule is CCn1c(SCc2cscn2)nnc1N1CCOCC1. The lowest BCUT2D eigenvalue weighted by Crippen LogP contribution is -2.38. The van der Waals surface area contributed by atoms with Crippen LogP contribution in [0.25, 0.3) is 0 Å². The Hall–Kier alpha value is -1.12. The maximum atomic E-state index is 5.39. The smallest absolute Gasteiger partial charge is 0.228 e. The van der Waals surface area contributed by atoms with E-state index in [4.69, 9.17) is 4.74 Å². The van der Waals surface area contributed by atoms with Crippen molar-refractivity contribution in [3.8, 4) is 0 Å². The number of nitrogens with zero attached hydrogens (tertiary/aromatic N) is 5. The lowest BCUT2D eigenvalue weighted by atomic mass is 10.4. The van der Waals surface area contributed by atoms with Gasteiger partial charge in [-0.15, -0.1) is 21.5 Å². The van der Waals surface area contributed by atoms with E-state index in [1.165, 1.54) is 0 Å². The van der Waals surface area contributed by atoms with Gasteiger partial charge in [0.2, 0.25) is 5.95 Å². The van der Waals surface area contributed by atoms with Crippen molar-refractivity contribution in [1.29, 1.82) is 0 Å². The van der Waals surface area contributed by atoms with E-state index in [2.05, 4.69) is 37.0 Å². The predicted octanol–water partition coefficient (Wildman–Crippen LogP) is 1.88. The van der Waals surface area contributed by atoms with Crippen LogP contribution in [0.4, 0.5) is 5.95 Å². The minimum absolute atomic E-state index is 0.762. The summed E-state index contributed by atoms with van der Waals surface area (Å²) in [5, 5.41) is 11.7. The Morgan fingerprint density at radius 1 is 1.35 bits per heavy atom. The molecule has 0 unspecified atom stereocenters. The highest BCUT2D eigenvalue weighted by atomic mass is 32.2. The average molecular weight is 311 g/mol. The third-order valence-electron chi connectivity index (χ3n) is 3.14. The number of rotatable bonds is 5. The van der Waals surface area contributed by atoms with Gasteiger partial charge in [-0.3, -0.25) is 4.57 Å². The highest BCUT2D eigenvalue weighted by Crippen LogP contribution is 2.25. The van der Waals surface area contributed by atoms with Crippen molar-refractivity contribution in [3.63, 3.8) is 0 Å². The largest absolute Gasteiger partial charge is 0.378 e. The molecule has 1 fully saturated rings. The standard InChI is InChI=1S/C12H17N5OS2/c1-2-17-11(16-3-5-18-6-4-16)14-15-12(17)20-8-10-7-19-9-13-10/h7,9H,2-6,8H2,1H3. The molecule has 3 rings (SSSR count). The van der Waals surface area contributed by atoms with Crippen LogP contribution < -0.4 is 4.90 Å². The lowest BCUT2D eigenvalue weighted by molar-refractivity contribution is 0.121. The van der Waals surface area contributed by atoms with Gasteiger partial charge >= 0.3 is 0 Å². The van der Waals surface area contributed by atoms with Crippen molar-refractivity contribution >= 4 is 29.0 Å². The van der Waals surface area contributed by atoms with Crippen LogP contribution in [-0.4, -0.2) is 46.1 Å². The number of hydrogen-bond donors (Lipinski definition) is 0. The fourth-order valence-electron chi connectivity index (χ4n) is 2.11. The van der Waals surface area contributed by atoms with E-state index < -0.39 is 0 Å². The third kappa shape index (κ3) is 2.97. The Balaban J connectivity index is 1.72. The van der Waals surface area contributed by atoms with Crippen LogP contribution in [-0.2, 0) is 17.0 Å². The van der Waals surface area contributed by atoms with Crippen LogP contribution in [0.5, 0.6) is 0 Å². The molecule has 8 heteroatoms. The summed E-state index contributed by atoms with van der Waals surface area (Å²) in [5.41, 5.74) is 2.96. The Labute approximate surface area is 126 Å². The van der Waals surface area contributed by atoms with Gasteiger partial charge in [0.1, 0.15) is 0 Å². The van der Waals surface area contributed by atoms with Gasteiger partial charge in [0, 0.05) is 30.8 Å². The first-order valence-electron chi connectivity index (χ1n) is 6.64. The van der Waals surface area contributed by atoms with Gasteiger partial charge in [0.15, 0.2) is 5.16 Å². The summed E-state index contributed by atoms with van der Waals surface area (Å²) in [6, 6.07) is 0. The first-order chi connectivity index (χ1) is 9.88. The second-order valence-electron chi connectivity index (χ2n) is 4.39. The Morgan fingerprint density at radius 2 is 2.20 bits per heavy atom. The number of anilines is 1. The first-order valence-corrected chi connectivity index (χ1v) is 8.57. The summed E-state index contributed by atoms with van der Waals surface area (Å²) < 4.78 is 7.56. The summed E-state index contributed by atoms with van der Waals surface area (Å²) in [6.45, 7) is 6.29. The molecule has 0 amide bonds. The van der Waals surface area contributed by atoms with Crippen molar-refractivity contribution in [2.75, 3.05) is 31.2 Å². The van der Waals surface area contributed by atoms with Gasteiger partial charge in [-0.05, 0) is 6.92 Å². The van der Waals surface area contributed by atoms with E-state index in [1.54, 1.807) is 23.1 Å². The van der Waals surface area contributed by atoms with Crippen molar-refractivity contribution in [2.24, 2.45) is 0 Å². The third-order valence-corrected chi connectivity index (χ3v) is 4.78. The van der Waals surface area contributed by atoms with Crippen LogP contribution >= 0.6 is 23.1 Å². The molecule has 1 aliphatic rings. The molecule has 0 N–H and O–H groups in total. The van der Waals surface area contributed by atoms with Gasteiger partial charge in [-0.1, -0.05) is 11.8 Å². The van der Waals surface area contributed by atoms with Gasteiger partial charge in [0.25, 0.3) is 0 Å². The molecular weight excluding hydrogens is 294 g/mol. The van der Waals surface area contributed by atoms with Crippen LogP contribution in [0.1, 0.15) is 12.6 Å². The highest BCUT2D eigenvalue weighted by molar-refractivity contribution is 7.98. The molecule has 2 aromatic heterocycles. The minimum atomic E-state index is 0.762. The zero-order valence-corrected chi connectivity index (χ0v) is 13.0. The molecular formula is C12H17N5OS2. The first kappa shape index (κ1) is 13.8. The van der Waals surface area contributed by atoms with Gasteiger partial charge in [-0.2, -0.15) is 0 Å². The lowest BCUT2D eigenvalue weighted by Gasteiger charge is -2.27. The molecule has 0 spiro atoms. The molecule has 1 saturated heterocycles. The number of thiazole rings is 1. The van der Waals surface area contributed by atoms with Crippen LogP contribution in [0, 0.1) is 0 Å². The summed E-state index contributed by atoms with van der Waals surface area (Å²) in [7, 11) is 0. The molecule has 1 aliphatic heterocycles. The Morgan fingerprint density at radius 3 is 2.90 bits per heavy atom. The van der Waals surface area contributed by atoms with Gasteiger partial charge < -0.3 is 9.64 Å². The number of morpholine rings is 1. The molecule has 0 bridgehead atoms. The van der Waals surface area contributed by atoms with Crippen molar-refractivity contribution < 1.29 is 4.74 Å². The minimum Gasteiger partial charge on any atom is -0.378 e. The Bertz CT molecular complexity index is 536. The van der Waals surface area contributed by atoms with E-state index in [0.717, 1.165) is 55.4 Å². The molecule has 0 radical (unpaired) electrons. The Kier molecular flexibility index (Phi) is 4.54. The number of hydrogen-bond acceptors (Lipinski definition) is 7. The predicted molar refractivity (Wildman–Crippen MR) is 80.4 cm³/mol. The molecule has 6 nitrogen and oxygen atoms in total. The van der Waals surface area contributed by atoms with Gasteiger partial charge in [-0.25, -0.2) is 4.98 Å². The summed E-state index contributed by atoms with van der Waals surface area (Å²) in [4.78, 5) is 6.54. The van der Waals surface area contributed by atoms with Gasteiger partial charge in [0.05, 0.1) is 24.4 Å². The summed E-state index contributed by atoms with van der Waals surface area (Å²) in [5.74, 6) is 1.79. The van der Waals surface area contributed by atoms with Crippen molar-refractivity contribution in [2.45, 2.75) is 24.4 Å². The molecule has 20 heavy (non-hydrogen) atoms. The summed E-state index contributed by atoms with van der Waals surface area (Å²) >= 11 is 3.31. The molecule has 108 valence electrons. The van der Waals surface area contributed by atoms with Crippen molar-refractivity contribution in [3.05, 3.63) is 16.6 Å². The van der Waals surface area contributed by atoms with E-state index in [-0.39, 0.29) is 0 Å². The maximum Gasteiger partial charge on any atom is 0.228 e. The fraction of sp³-hybridized carbons (Fsp3) is 0.583. The normalized spacial score (nSPS) is 15.8. The van der Waals surface area contributed by atoms with E-state index >= 15 is 0 Å².